The summed E-state index contributed by atoms with van der Waals surface area (Å²) in [5, 5.41) is 22.7. The van der Waals surface area contributed by atoms with Crippen LogP contribution in [0.2, 0.25) is 0 Å². The molecule has 0 aliphatic rings. The summed E-state index contributed by atoms with van der Waals surface area (Å²) in [6.45, 7) is 4.68. The second-order valence-electron chi connectivity index (χ2n) is 6.70. The van der Waals surface area contributed by atoms with E-state index in [1.165, 1.54) is 32.2 Å². The lowest BCUT2D eigenvalue weighted by atomic mass is 10.1. The zero-order valence-electron chi connectivity index (χ0n) is 15.3. The van der Waals surface area contributed by atoms with Gasteiger partial charge in [0.15, 0.2) is 11.5 Å². The van der Waals surface area contributed by atoms with Crippen molar-refractivity contribution in [2.75, 3.05) is 12.3 Å². The first-order valence-corrected chi connectivity index (χ1v) is 9.52. The third-order valence-electron chi connectivity index (χ3n) is 3.72. The Morgan fingerprint density at radius 2 is 2.11 bits per heavy atom. The number of anilines is 1. The molecule has 0 bridgehead atoms. The molecule has 1 aromatic heterocycles. The second kappa shape index (κ2) is 7.51. The molecule has 144 valence electrons. The van der Waals surface area contributed by atoms with Gasteiger partial charge < -0.3 is 16.2 Å². The van der Waals surface area contributed by atoms with E-state index in [4.69, 9.17) is 16.6 Å². The SMILES string of the molecule is Cc1ccc(S(=O)(=O)NCC(C)(C)O)cc1-c1cnc(N)c(C(=[NH2+])C=N)n1. The van der Waals surface area contributed by atoms with Crippen LogP contribution in [0.4, 0.5) is 5.82 Å². The zero-order chi connectivity index (χ0) is 20.4. The Balaban J connectivity index is 2.50. The van der Waals surface area contributed by atoms with Crippen molar-refractivity contribution >= 4 is 27.8 Å². The van der Waals surface area contributed by atoms with Gasteiger partial charge in [0.1, 0.15) is 0 Å². The number of nitrogens with zero attached hydrogens (tertiary/aromatic N) is 2. The van der Waals surface area contributed by atoms with Gasteiger partial charge >= 0.3 is 0 Å². The smallest absolute Gasteiger partial charge is 0.244 e. The third kappa shape index (κ3) is 4.94. The predicted molar refractivity (Wildman–Crippen MR) is 103 cm³/mol. The van der Waals surface area contributed by atoms with Gasteiger partial charge in [0.05, 0.1) is 28.6 Å². The van der Waals surface area contributed by atoms with E-state index >= 15 is 0 Å². The molecule has 0 saturated heterocycles. The monoisotopic (exact) mass is 391 g/mol. The highest BCUT2D eigenvalue weighted by molar-refractivity contribution is 7.89. The van der Waals surface area contributed by atoms with Crippen molar-refractivity contribution in [3.8, 4) is 11.3 Å². The second-order valence-corrected chi connectivity index (χ2v) is 8.47. The third-order valence-corrected chi connectivity index (χ3v) is 5.12. The largest absolute Gasteiger partial charge is 0.389 e. The summed E-state index contributed by atoms with van der Waals surface area (Å²) in [4.78, 5) is 8.39. The zero-order valence-corrected chi connectivity index (χ0v) is 16.1. The molecule has 0 spiro atoms. The minimum absolute atomic E-state index is 0.0246. The van der Waals surface area contributed by atoms with E-state index in [0.29, 0.717) is 11.3 Å². The molecule has 27 heavy (non-hydrogen) atoms. The van der Waals surface area contributed by atoms with Gasteiger partial charge in [-0.25, -0.2) is 23.1 Å². The summed E-state index contributed by atoms with van der Waals surface area (Å²) in [5.41, 5.74) is 6.47. The number of benzene rings is 1. The fourth-order valence-corrected chi connectivity index (χ4v) is 3.44. The van der Waals surface area contributed by atoms with Gasteiger partial charge in [-0.3, -0.25) is 5.41 Å². The molecule has 0 saturated carbocycles. The van der Waals surface area contributed by atoms with Crippen LogP contribution in [-0.2, 0) is 10.0 Å². The molecule has 0 fully saturated rings. The predicted octanol–water partition coefficient (Wildman–Crippen LogP) is -0.719. The minimum atomic E-state index is -3.83. The van der Waals surface area contributed by atoms with E-state index in [1.807, 2.05) is 0 Å². The van der Waals surface area contributed by atoms with Crippen LogP contribution in [0, 0.1) is 12.3 Å². The van der Waals surface area contributed by atoms with E-state index in [-0.39, 0.29) is 28.7 Å². The highest BCUT2D eigenvalue weighted by atomic mass is 32.2. The van der Waals surface area contributed by atoms with Gasteiger partial charge in [-0.15, -0.1) is 0 Å². The van der Waals surface area contributed by atoms with Gasteiger partial charge in [0.25, 0.3) is 0 Å². The summed E-state index contributed by atoms with van der Waals surface area (Å²) in [5.74, 6) is 0.0769. The van der Waals surface area contributed by atoms with Gasteiger partial charge in [0, 0.05) is 12.1 Å². The first kappa shape index (κ1) is 20.6. The van der Waals surface area contributed by atoms with E-state index in [2.05, 4.69) is 14.7 Å². The van der Waals surface area contributed by atoms with Crippen LogP contribution >= 0.6 is 0 Å². The molecule has 2 rings (SSSR count). The number of rotatable bonds is 7. The lowest BCUT2D eigenvalue weighted by molar-refractivity contribution is -0.109. The highest BCUT2D eigenvalue weighted by Crippen LogP contribution is 2.25. The minimum Gasteiger partial charge on any atom is -0.389 e. The summed E-state index contributed by atoms with van der Waals surface area (Å²) < 4.78 is 27.4. The molecule has 0 aliphatic heterocycles. The quantitative estimate of drug-likeness (QED) is 0.390. The number of hydrogen-bond acceptors (Lipinski definition) is 7. The Labute approximate surface area is 157 Å². The van der Waals surface area contributed by atoms with E-state index in [1.54, 1.807) is 13.0 Å². The van der Waals surface area contributed by atoms with Crippen molar-refractivity contribution in [1.29, 1.82) is 5.41 Å². The average Bonchev–Trinajstić information content (AvgIpc) is 2.60. The Morgan fingerprint density at radius 3 is 2.70 bits per heavy atom. The summed E-state index contributed by atoms with van der Waals surface area (Å²) in [7, 11) is -3.83. The van der Waals surface area contributed by atoms with Gasteiger partial charge in [-0.05, 0) is 38.5 Å². The molecule has 0 unspecified atom stereocenters. The first-order chi connectivity index (χ1) is 12.4. The van der Waals surface area contributed by atoms with Crippen LogP contribution < -0.4 is 15.9 Å². The maximum Gasteiger partial charge on any atom is 0.244 e. The molecular weight excluding hydrogens is 368 g/mol. The summed E-state index contributed by atoms with van der Waals surface area (Å²) >= 11 is 0. The molecule has 0 radical (unpaired) electrons. The Kier molecular flexibility index (Phi) is 5.73. The number of sulfonamides is 1. The molecule has 1 aromatic carbocycles. The molecular formula is C17H23N6O3S+. The number of aromatic nitrogens is 2. The summed E-state index contributed by atoms with van der Waals surface area (Å²) in [6.07, 6.45) is 2.33. The van der Waals surface area contributed by atoms with Crippen molar-refractivity contribution in [2.45, 2.75) is 31.3 Å². The van der Waals surface area contributed by atoms with Crippen LogP contribution in [0.5, 0.6) is 0 Å². The normalized spacial score (nSPS) is 12.0. The van der Waals surface area contributed by atoms with E-state index in [9.17, 15) is 13.5 Å². The number of nitrogens with two attached hydrogens (primary N) is 2. The van der Waals surface area contributed by atoms with Crippen molar-refractivity contribution in [1.82, 2.24) is 14.7 Å². The highest BCUT2D eigenvalue weighted by Gasteiger charge is 2.21. The lowest BCUT2D eigenvalue weighted by Crippen LogP contribution is -2.42. The lowest BCUT2D eigenvalue weighted by Gasteiger charge is -2.18. The topological polar surface area (TPSA) is 168 Å². The Hall–Kier alpha value is -2.69. The number of hydrogen-bond donors (Lipinski definition) is 5. The number of aliphatic hydroxyl groups is 1. The van der Waals surface area contributed by atoms with Gasteiger partial charge in [-0.2, -0.15) is 0 Å². The summed E-state index contributed by atoms with van der Waals surface area (Å²) in [6, 6.07) is 4.58. The molecule has 2 aromatic rings. The molecule has 7 N–H and O–H groups in total. The molecule has 0 amide bonds. The molecule has 1 heterocycles. The Morgan fingerprint density at radius 1 is 1.44 bits per heavy atom. The fourth-order valence-electron chi connectivity index (χ4n) is 2.21. The number of aryl methyl sites for hydroxylation is 1. The van der Waals surface area contributed by atoms with Crippen LogP contribution in [0.25, 0.3) is 11.3 Å². The molecule has 0 atom stereocenters. The number of nitrogen functional groups attached to an aromatic ring is 1. The Bertz CT molecular complexity index is 996. The average molecular weight is 391 g/mol. The number of nitrogens with one attached hydrogen (secondary N) is 2. The molecule has 9 nitrogen and oxygen atoms in total. The van der Waals surface area contributed by atoms with Crippen LogP contribution in [0.1, 0.15) is 25.1 Å². The van der Waals surface area contributed by atoms with Crippen LogP contribution in [-0.4, -0.2) is 47.6 Å². The van der Waals surface area contributed by atoms with Crippen molar-refractivity contribution in [3.63, 3.8) is 0 Å². The molecule has 0 aliphatic carbocycles. The van der Waals surface area contributed by atoms with Crippen LogP contribution in [0.15, 0.2) is 29.3 Å². The van der Waals surface area contributed by atoms with Crippen molar-refractivity contribution < 1.29 is 18.9 Å². The van der Waals surface area contributed by atoms with Crippen molar-refractivity contribution in [3.05, 3.63) is 35.7 Å². The fraction of sp³-hybridized carbons (Fsp3) is 0.294. The van der Waals surface area contributed by atoms with Gasteiger partial charge in [-0.1, -0.05) is 6.07 Å². The molecule has 10 heteroatoms. The van der Waals surface area contributed by atoms with Crippen molar-refractivity contribution in [2.24, 2.45) is 0 Å². The maximum absolute atomic E-state index is 12.5. The maximum atomic E-state index is 12.5. The van der Waals surface area contributed by atoms with Gasteiger partial charge in [0.2, 0.25) is 15.7 Å². The standard InChI is InChI=1S/C17H22N6O3S/c1-10-4-5-11(27(25,26)22-9-17(2,3)24)6-12(10)14-8-21-16(20)15(23-14)13(19)7-18/h4-8,18-19,22,24H,9H2,1-3H3,(H2,20,21)/p+1. The van der Waals surface area contributed by atoms with Crippen LogP contribution in [0.3, 0.4) is 0 Å². The van der Waals surface area contributed by atoms with E-state index in [0.717, 1.165) is 11.8 Å². The first-order valence-electron chi connectivity index (χ1n) is 8.03. The van der Waals surface area contributed by atoms with E-state index < -0.39 is 15.6 Å².